The number of nitrogens with zero attached hydrogens (tertiary/aromatic N) is 5. The fourth-order valence-corrected chi connectivity index (χ4v) is 1.87. The topological polar surface area (TPSA) is 56.0 Å². The lowest BCUT2D eigenvalue weighted by Gasteiger charge is -2.15. The van der Waals surface area contributed by atoms with Crippen LogP contribution in [0.5, 0.6) is 0 Å². The zero-order chi connectivity index (χ0) is 14.0. The molecule has 0 fully saturated rings. The van der Waals surface area contributed by atoms with Gasteiger partial charge < -0.3 is 4.90 Å². The number of amides is 1. The summed E-state index contributed by atoms with van der Waals surface area (Å²) in [5.41, 5.74) is 2.60. The summed E-state index contributed by atoms with van der Waals surface area (Å²) in [6, 6.07) is 1.75. The Labute approximate surface area is 112 Å². The maximum absolute atomic E-state index is 12.2. The maximum atomic E-state index is 12.2. The second kappa shape index (κ2) is 5.26. The van der Waals surface area contributed by atoms with Crippen molar-refractivity contribution in [3.8, 4) is 0 Å². The third-order valence-electron chi connectivity index (χ3n) is 3.27. The largest absolute Gasteiger partial charge is 0.336 e. The lowest BCUT2D eigenvalue weighted by molar-refractivity contribution is 0.0778. The Balaban J connectivity index is 2.09. The molecule has 2 heterocycles. The van der Waals surface area contributed by atoms with Crippen LogP contribution in [0.4, 0.5) is 0 Å². The normalized spacial score (nSPS) is 10.7. The van der Waals surface area contributed by atoms with Crippen molar-refractivity contribution in [3.05, 3.63) is 35.4 Å². The predicted octanol–water partition coefficient (Wildman–Crippen LogP) is 1.22. The molecule has 6 nitrogen and oxygen atoms in total. The van der Waals surface area contributed by atoms with Gasteiger partial charge >= 0.3 is 0 Å². The van der Waals surface area contributed by atoms with Gasteiger partial charge in [-0.1, -0.05) is 0 Å². The first-order chi connectivity index (χ1) is 9.02. The molecular formula is C13H19N5O. The molecule has 0 spiro atoms. The molecule has 6 heteroatoms. The zero-order valence-corrected chi connectivity index (χ0v) is 11.8. The molecular weight excluding hydrogens is 242 g/mol. The van der Waals surface area contributed by atoms with Crippen molar-refractivity contribution < 1.29 is 4.79 Å². The van der Waals surface area contributed by atoms with E-state index in [0.717, 1.165) is 17.8 Å². The minimum Gasteiger partial charge on any atom is -0.336 e. The fourth-order valence-electron chi connectivity index (χ4n) is 1.87. The van der Waals surface area contributed by atoms with E-state index >= 15 is 0 Å². The van der Waals surface area contributed by atoms with Crippen molar-refractivity contribution in [2.45, 2.75) is 26.9 Å². The highest BCUT2D eigenvalue weighted by Crippen LogP contribution is 2.10. The summed E-state index contributed by atoms with van der Waals surface area (Å²) in [5.74, 6) is -0.0737. The zero-order valence-electron chi connectivity index (χ0n) is 11.8. The van der Waals surface area contributed by atoms with Crippen LogP contribution in [0, 0.1) is 6.92 Å². The molecule has 2 rings (SSSR count). The first-order valence-electron chi connectivity index (χ1n) is 6.29. The van der Waals surface area contributed by atoms with Crippen LogP contribution < -0.4 is 0 Å². The van der Waals surface area contributed by atoms with Gasteiger partial charge in [-0.2, -0.15) is 10.2 Å². The first-order valence-corrected chi connectivity index (χ1v) is 6.29. The van der Waals surface area contributed by atoms with Crippen LogP contribution in [0.1, 0.15) is 28.7 Å². The van der Waals surface area contributed by atoms with E-state index in [2.05, 4.69) is 10.2 Å². The molecule has 19 heavy (non-hydrogen) atoms. The first kappa shape index (κ1) is 13.3. The highest BCUT2D eigenvalue weighted by atomic mass is 16.2. The van der Waals surface area contributed by atoms with Crippen molar-refractivity contribution >= 4 is 5.91 Å². The maximum Gasteiger partial charge on any atom is 0.274 e. The van der Waals surface area contributed by atoms with Crippen LogP contribution in [0.2, 0.25) is 0 Å². The Bertz CT molecular complexity index is 584. The van der Waals surface area contributed by atoms with Crippen LogP contribution in [-0.4, -0.2) is 37.4 Å². The van der Waals surface area contributed by atoms with Crippen molar-refractivity contribution in [1.82, 2.24) is 24.5 Å². The molecule has 0 unspecified atom stereocenters. The van der Waals surface area contributed by atoms with Gasteiger partial charge in [-0.3, -0.25) is 14.2 Å². The van der Waals surface area contributed by atoms with E-state index in [4.69, 9.17) is 0 Å². The lowest BCUT2D eigenvalue weighted by Crippen LogP contribution is -2.27. The summed E-state index contributed by atoms with van der Waals surface area (Å²) >= 11 is 0. The average Bonchev–Trinajstić information content (AvgIpc) is 3.00. The molecule has 1 amide bonds. The smallest absolute Gasteiger partial charge is 0.274 e. The molecule has 0 saturated carbocycles. The van der Waals surface area contributed by atoms with Crippen LogP contribution in [0.25, 0.3) is 0 Å². The molecule has 102 valence electrons. The van der Waals surface area contributed by atoms with E-state index in [1.165, 1.54) is 0 Å². The summed E-state index contributed by atoms with van der Waals surface area (Å²) in [7, 11) is 3.67. The predicted molar refractivity (Wildman–Crippen MR) is 71.6 cm³/mol. The van der Waals surface area contributed by atoms with Gasteiger partial charge in [0.1, 0.15) is 5.69 Å². The Morgan fingerprint density at radius 3 is 2.74 bits per heavy atom. The van der Waals surface area contributed by atoms with Gasteiger partial charge in [0.2, 0.25) is 0 Å². The van der Waals surface area contributed by atoms with Crippen molar-refractivity contribution in [3.63, 3.8) is 0 Å². The van der Waals surface area contributed by atoms with Crippen molar-refractivity contribution in [2.75, 3.05) is 7.05 Å². The summed E-state index contributed by atoms with van der Waals surface area (Å²) in [5, 5.41) is 8.40. The van der Waals surface area contributed by atoms with E-state index in [9.17, 15) is 4.79 Å². The van der Waals surface area contributed by atoms with Gasteiger partial charge in [0.25, 0.3) is 5.91 Å². The quantitative estimate of drug-likeness (QED) is 0.831. The summed E-state index contributed by atoms with van der Waals surface area (Å²) in [4.78, 5) is 13.9. The Kier molecular flexibility index (Phi) is 3.69. The molecule has 0 bridgehead atoms. The molecule has 0 radical (unpaired) electrons. The SMILES string of the molecule is CCn1ccc(C(=O)N(C)Cc2cnn(C)c2C)n1. The minimum absolute atomic E-state index is 0.0737. The summed E-state index contributed by atoms with van der Waals surface area (Å²) in [6.45, 7) is 5.28. The molecule has 2 aromatic rings. The average molecular weight is 261 g/mol. The van der Waals surface area contributed by atoms with Gasteiger partial charge in [-0.25, -0.2) is 0 Å². The fraction of sp³-hybridized carbons (Fsp3) is 0.462. The van der Waals surface area contributed by atoms with Crippen LogP contribution in [-0.2, 0) is 20.1 Å². The number of carbonyl (C=O) groups is 1. The van der Waals surface area contributed by atoms with Gasteiger partial charge in [-0.05, 0) is 19.9 Å². The number of hydrogen-bond donors (Lipinski definition) is 0. The van der Waals surface area contributed by atoms with Crippen molar-refractivity contribution in [2.24, 2.45) is 7.05 Å². The number of carbonyl (C=O) groups excluding carboxylic acids is 1. The second-order valence-corrected chi connectivity index (χ2v) is 4.60. The molecule has 0 aliphatic carbocycles. The van der Waals surface area contributed by atoms with Gasteiger partial charge in [-0.15, -0.1) is 0 Å². The Hall–Kier alpha value is -2.11. The van der Waals surface area contributed by atoms with E-state index in [-0.39, 0.29) is 5.91 Å². The molecule has 0 atom stereocenters. The van der Waals surface area contributed by atoms with Gasteiger partial charge in [0.05, 0.1) is 6.20 Å². The molecule has 0 saturated heterocycles. The van der Waals surface area contributed by atoms with Gasteiger partial charge in [0.15, 0.2) is 0 Å². The standard InChI is InChI=1S/C13H19N5O/c1-5-18-7-6-12(15-18)13(19)16(3)9-11-8-14-17(4)10(11)2/h6-8H,5,9H2,1-4H3. The van der Waals surface area contributed by atoms with E-state index in [1.807, 2.05) is 27.1 Å². The Morgan fingerprint density at radius 2 is 2.21 bits per heavy atom. The van der Waals surface area contributed by atoms with E-state index < -0.39 is 0 Å². The molecule has 0 N–H and O–H groups in total. The summed E-state index contributed by atoms with van der Waals surface area (Å²) < 4.78 is 3.55. The Morgan fingerprint density at radius 1 is 1.47 bits per heavy atom. The third-order valence-corrected chi connectivity index (χ3v) is 3.27. The number of hydrogen-bond acceptors (Lipinski definition) is 3. The minimum atomic E-state index is -0.0737. The van der Waals surface area contributed by atoms with Crippen LogP contribution in [0.15, 0.2) is 18.5 Å². The van der Waals surface area contributed by atoms with Crippen LogP contribution >= 0.6 is 0 Å². The number of rotatable bonds is 4. The van der Waals surface area contributed by atoms with Crippen LogP contribution in [0.3, 0.4) is 0 Å². The van der Waals surface area contributed by atoms with Crippen molar-refractivity contribution in [1.29, 1.82) is 0 Å². The molecule has 2 aromatic heterocycles. The second-order valence-electron chi connectivity index (χ2n) is 4.60. The number of aromatic nitrogens is 4. The highest BCUT2D eigenvalue weighted by molar-refractivity contribution is 5.91. The monoisotopic (exact) mass is 261 g/mol. The van der Waals surface area contributed by atoms with Gasteiger partial charge in [0, 0.05) is 44.6 Å². The summed E-state index contributed by atoms with van der Waals surface area (Å²) in [6.07, 6.45) is 3.61. The number of aryl methyl sites for hydroxylation is 2. The molecule has 0 aliphatic heterocycles. The third kappa shape index (κ3) is 2.67. The van der Waals surface area contributed by atoms with E-state index in [1.54, 1.807) is 33.6 Å². The van der Waals surface area contributed by atoms with E-state index in [0.29, 0.717) is 12.2 Å². The molecule has 0 aromatic carbocycles. The highest BCUT2D eigenvalue weighted by Gasteiger charge is 2.16. The molecule has 0 aliphatic rings. The lowest BCUT2D eigenvalue weighted by atomic mass is 10.2.